The van der Waals surface area contributed by atoms with Crippen molar-refractivity contribution in [2.75, 3.05) is 6.61 Å². The number of para-hydroxylation sites is 2. The first kappa shape index (κ1) is 17.7. The molecule has 4 heteroatoms. The van der Waals surface area contributed by atoms with Crippen molar-refractivity contribution in [1.82, 2.24) is 9.78 Å². The standard InChI is InChI=1S/C24H20N2O2/c1-2-28-23-15-9-6-10-18(23)16-17-21-20-13-7-8-14-22(27)24(20)26(25-21)19-11-4-3-5-12-19/h3-17H,2H2,1H3/b17-16+. The van der Waals surface area contributed by atoms with Gasteiger partial charge in [0.2, 0.25) is 5.43 Å². The number of fused-ring (bicyclic) bond motifs is 1. The fourth-order valence-electron chi connectivity index (χ4n) is 3.18. The summed E-state index contributed by atoms with van der Waals surface area (Å²) in [7, 11) is 0. The third-order valence-electron chi connectivity index (χ3n) is 4.45. The molecule has 1 aromatic heterocycles. The van der Waals surface area contributed by atoms with E-state index < -0.39 is 0 Å². The summed E-state index contributed by atoms with van der Waals surface area (Å²) in [5, 5.41) is 5.54. The van der Waals surface area contributed by atoms with Crippen LogP contribution in [0.1, 0.15) is 18.2 Å². The van der Waals surface area contributed by atoms with Crippen molar-refractivity contribution in [3.05, 3.63) is 100 Å². The van der Waals surface area contributed by atoms with Crippen LogP contribution < -0.4 is 10.2 Å². The van der Waals surface area contributed by atoms with E-state index in [2.05, 4.69) is 0 Å². The lowest BCUT2D eigenvalue weighted by atomic mass is 10.1. The molecule has 4 aromatic rings. The smallest absolute Gasteiger partial charge is 0.204 e. The predicted molar refractivity (Wildman–Crippen MR) is 114 cm³/mol. The molecular weight excluding hydrogens is 348 g/mol. The van der Waals surface area contributed by atoms with Gasteiger partial charge in [0.05, 0.1) is 18.0 Å². The number of nitrogens with zero attached hydrogens (tertiary/aromatic N) is 2. The minimum Gasteiger partial charge on any atom is -0.493 e. The molecule has 0 radical (unpaired) electrons. The van der Waals surface area contributed by atoms with Crippen molar-refractivity contribution in [3.8, 4) is 11.4 Å². The Labute approximate surface area is 163 Å². The van der Waals surface area contributed by atoms with Gasteiger partial charge in [-0.15, -0.1) is 0 Å². The minimum atomic E-state index is -0.0641. The highest BCUT2D eigenvalue weighted by Crippen LogP contribution is 2.24. The molecule has 0 N–H and O–H groups in total. The van der Waals surface area contributed by atoms with Crippen LogP contribution in [-0.2, 0) is 0 Å². The third-order valence-corrected chi connectivity index (χ3v) is 4.45. The van der Waals surface area contributed by atoms with Gasteiger partial charge in [0, 0.05) is 10.9 Å². The number of hydrogen-bond donors (Lipinski definition) is 0. The van der Waals surface area contributed by atoms with Gasteiger partial charge in [-0.3, -0.25) is 4.79 Å². The number of ether oxygens (including phenoxy) is 1. The highest BCUT2D eigenvalue weighted by atomic mass is 16.5. The SMILES string of the molecule is CCOc1ccccc1/C=C/c1nn(-c2ccccc2)c2c(=O)ccccc12. The molecule has 0 spiro atoms. The van der Waals surface area contributed by atoms with Gasteiger partial charge in [-0.1, -0.05) is 54.6 Å². The third kappa shape index (κ3) is 3.45. The zero-order valence-corrected chi connectivity index (χ0v) is 15.6. The van der Waals surface area contributed by atoms with Crippen LogP contribution in [0.3, 0.4) is 0 Å². The van der Waals surface area contributed by atoms with Gasteiger partial charge in [0.1, 0.15) is 11.3 Å². The van der Waals surface area contributed by atoms with E-state index in [4.69, 9.17) is 9.84 Å². The van der Waals surface area contributed by atoms with Crippen molar-refractivity contribution in [2.45, 2.75) is 6.92 Å². The molecule has 0 aliphatic heterocycles. The zero-order valence-electron chi connectivity index (χ0n) is 15.6. The van der Waals surface area contributed by atoms with E-state index in [0.717, 1.165) is 28.1 Å². The topological polar surface area (TPSA) is 44.1 Å². The summed E-state index contributed by atoms with van der Waals surface area (Å²) >= 11 is 0. The van der Waals surface area contributed by atoms with Crippen molar-refractivity contribution in [3.63, 3.8) is 0 Å². The van der Waals surface area contributed by atoms with Crippen LogP contribution in [-0.4, -0.2) is 16.4 Å². The molecule has 0 bridgehead atoms. The number of hydrogen-bond acceptors (Lipinski definition) is 3. The first-order chi connectivity index (χ1) is 13.8. The average molecular weight is 368 g/mol. The highest BCUT2D eigenvalue weighted by Gasteiger charge is 2.12. The molecule has 0 fully saturated rings. The summed E-state index contributed by atoms with van der Waals surface area (Å²) in [4.78, 5) is 12.7. The number of benzene rings is 2. The van der Waals surface area contributed by atoms with Gasteiger partial charge < -0.3 is 4.74 Å². The Balaban J connectivity index is 1.89. The Morgan fingerprint density at radius 3 is 2.43 bits per heavy atom. The Morgan fingerprint density at radius 1 is 0.893 bits per heavy atom. The lowest BCUT2D eigenvalue weighted by molar-refractivity contribution is 0.339. The average Bonchev–Trinajstić information content (AvgIpc) is 2.99. The van der Waals surface area contributed by atoms with Crippen LogP contribution in [0.15, 0.2) is 83.7 Å². The largest absolute Gasteiger partial charge is 0.493 e. The Hall–Kier alpha value is -3.66. The summed E-state index contributed by atoms with van der Waals surface area (Å²) in [6.07, 6.45) is 3.90. The van der Waals surface area contributed by atoms with Gasteiger partial charge in [0.15, 0.2) is 0 Å². The summed E-state index contributed by atoms with van der Waals surface area (Å²) in [5.41, 5.74) is 3.05. The first-order valence-electron chi connectivity index (χ1n) is 9.25. The van der Waals surface area contributed by atoms with E-state index in [0.29, 0.717) is 12.1 Å². The van der Waals surface area contributed by atoms with Gasteiger partial charge in [-0.25, -0.2) is 4.68 Å². The maximum absolute atomic E-state index is 12.7. The highest BCUT2D eigenvalue weighted by molar-refractivity contribution is 5.90. The van der Waals surface area contributed by atoms with E-state index in [1.807, 2.05) is 85.8 Å². The molecule has 28 heavy (non-hydrogen) atoms. The van der Waals surface area contributed by atoms with Gasteiger partial charge in [-0.05, 0) is 43.3 Å². The van der Waals surface area contributed by atoms with E-state index in [1.54, 1.807) is 16.8 Å². The molecule has 3 aromatic carbocycles. The normalized spacial score (nSPS) is 11.2. The molecule has 1 heterocycles. The molecule has 0 atom stereocenters. The summed E-state index contributed by atoms with van der Waals surface area (Å²) in [5.74, 6) is 0.822. The van der Waals surface area contributed by atoms with Crippen molar-refractivity contribution in [1.29, 1.82) is 0 Å². The Morgan fingerprint density at radius 2 is 1.61 bits per heavy atom. The second-order valence-corrected chi connectivity index (χ2v) is 6.28. The Kier molecular flexibility index (Phi) is 5.02. The number of aromatic nitrogens is 2. The second-order valence-electron chi connectivity index (χ2n) is 6.28. The van der Waals surface area contributed by atoms with E-state index >= 15 is 0 Å². The fraction of sp³-hybridized carbons (Fsp3) is 0.0833. The molecule has 0 unspecified atom stereocenters. The molecular formula is C24H20N2O2. The molecule has 0 saturated carbocycles. The molecule has 138 valence electrons. The lowest BCUT2D eigenvalue weighted by Crippen LogP contribution is -2.04. The van der Waals surface area contributed by atoms with E-state index in [-0.39, 0.29) is 5.43 Å². The van der Waals surface area contributed by atoms with E-state index in [9.17, 15) is 4.79 Å². The molecule has 0 saturated heterocycles. The van der Waals surface area contributed by atoms with Gasteiger partial charge in [0.25, 0.3) is 0 Å². The number of rotatable bonds is 5. The molecule has 4 rings (SSSR count). The maximum atomic E-state index is 12.7. The fourth-order valence-corrected chi connectivity index (χ4v) is 3.18. The van der Waals surface area contributed by atoms with Crippen LogP contribution in [0.5, 0.6) is 5.75 Å². The predicted octanol–water partition coefficient (Wildman–Crippen LogP) is 4.95. The molecule has 0 aliphatic carbocycles. The van der Waals surface area contributed by atoms with Gasteiger partial charge in [-0.2, -0.15) is 5.10 Å². The van der Waals surface area contributed by atoms with Crippen molar-refractivity contribution < 1.29 is 4.74 Å². The summed E-state index contributed by atoms with van der Waals surface area (Å²) < 4.78 is 7.41. The first-order valence-corrected chi connectivity index (χ1v) is 9.25. The summed E-state index contributed by atoms with van der Waals surface area (Å²) in [6, 6.07) is 24.7. The quantitative estimate of drug-likeness (QED) is 0.500. The van der Waals surface area contributed by atoms with Gasteiger partial charge >= 0.3 is 0 Å². The summed E-state index contributed by atoms with van der Waals surface area (Å²) in [6.45, 7) is 2.57. The zero-order chi connectivity index (χ0) is 19.3. The van der Waals surface area contributed by atoms with Crippen molar-refractivity contribution in [2.24, 2.45) is 0 Å². The van der Waals surface area contributed by atoms with Crippen LogP contribution >= 0.6 is 0 Å². The molecule has 4 nitrogen and oxygen atoms in total. The van der Waals surface area contributed by atoms with Crippen LogP contribution in [0.4, 0.5) is 0 Å². The molecule has 0 amide bonds. The van der Waals surface area contributed by atoms with Crippen LogP contribution in [0, 0.1) is 0 Å². The molecule has 0 aliphatic rings. The van der Waals surface area contributed by atoms with Crippen LogP contribution in [0.2, 0.25) is 0 Å². The minimum absolute atomic E-state index is 0.0641. The Bertz CT molecular complexity index is 1190. The maximum Gasteiger partial charge on any atom is 0.204 e. The van der Waals surface area contributed by atoms with Crippen LogP contribution in [0.25, 0.3) is 28.7 Å². The van der Waals surface area contributed by atoms with E-state index in [1.165, 1.54) is 0 Å². The second kappa shape index (κ2) is 7.92. The monoisotopic (exact) mass is 368 g/mol. The lowest BCUT2D eigenvalue weighted by Gasteiger charge is -2.05. The van der Waals surface area contributed by atoms with Crippen molar-refractivity contribution >= 4 is 23.1 Å².